The van der Waals surface area contributed by atoms with Gasteiger partial charge in [0.2, 0.25) is 5.91 Å². The van der Waals surface area contributed by atoms with Gasteiger partial charge in [0, 0.05) is 45.9 Å². The summed E-state index contributed by atoms with van der Waals surface area (Å²) in [5, 5.41) is 6.10. The molecule has 0 bridgehead atoms. The van der Waals surface area contributed by atoms with Gasteiger partial charge in [-0.15, -0.1) is 24.8 Å². The van der Waals surface area contributed by atoms with E-state index in [1.807, 2.05) is 0 Å². The molecule has 1 aromatic carbocycles. The summed E-state index contributed by atoms with van der Waals surface area (Å²) in [4.78, 5) is 14.4. The minimum atomic E-state index is -0.349. The van der Waals surface area contributed by atoms with Crippen LogP contribution in [0.3, 0.4) is 0 Å². The number of rotatable bonds is 8. The molecular weight excluding hydrogens is 401 g/mol. The van der Waals surface area contributed by atoms with E-state index in [2.05, 4.69) is 45.9 Å². The van der Waals surface area contributed by atoms with Crippen molar-refractivity contribution in [1.82, 2.24) is 15.5 Å². The van der Waals surface area contributed by atoms with Crippen molar-refractivity contribution in [3.8, 4) is 0 Å². The highest BCUT2D eigenvalue weighted by Crippen LogP contribution is 2.16. The lowest BCUT2D eigenvalue weighted by molar-refractivity contribution is -0.134. The number of piperidine rings is 1. The third-order valence-electron chi connectivity index (χ3n) is 4.98. The number of nitrogens with one attached hydrogen (secondary N) is 2. The van der Waals surface area contributed by atoms with Crippen molar-refractivity contribution < 1.29 is 14.3 Å². The molecule has 1 aromatic rings. The Hall–Kier alpha value is -0.890. The van der Waals surface area contributed by atoms with E-state index in [4.69, 9.17) is 9.47 Å². The summed E-state index contributed by atoms with van der Waals surface area (Å²) < 4.78 is 11.4. The topological polar surface area (TPSA) is 62.8 Å². The molecule has 8 heteroatoms. The van der Waals surface area contributed by atoms with E-state index in [0.29, 0.717) is 32.4 Å². The summed E-state index contributed by atoms with van der Waals surface area (Å²) in [6.07, 6.45) is 3.01. The molecule has 2 saturated heterocycles. The molecule has 28 heavy (non-hydrogen) atoms. The van der Waals surface area contributed by atoms with Crippen LogP contribution in [-0.4, -0.2) is 69.0 Å². The van der Waals surface area contributed by atoms with Gasteiger partial charge in [-0.25, -0.2) is 0 Å². The van der Waals surface area contributed by atoms with Crippen LogP contribution in [0.2, 0.25) is 0 Å². The van der Waals surface area contributed by atoms with Crippen LogP contribution in [0.4, 0.5) is 0 Å². The molecule has 1 unspecified atom stereocenters. The third-order valence-corrected chi connectivity index (χ3v) is 4.98. The Morgan fingerprint density at radius 1 is 1.21 bits per heavy atom. The summed E-state index contributed by atoms with van der Waals surface area (Å²) in [6.45, 7) is 6.57. The van der Waals surface area contributed by atoms with Crippen LogP contribution < -0.4 is 10.6 Å². The Morgan fingerprint density at radius 3 is 2.64 bits per heavy atom. The zero-order valence-corrected chi connectivity index (χ0v) is 17.9. The van der Waals surface area contributed by atoms with Gasteiger partial charge >= 0.3 is 0 Å². The molecule has 6 nitrogen and oxygen atoms in total. The molecule has 0 aromatic heterocycles. The van der Waals surface area contributed by atoms with E-state index >= 15 is 0 Å². The predicted molar refractivity (Wildman–Crippen MR) is 115 cm³/mol. The largest absolute Gasteiger partial charge is 0.378 e. The number of carbonyl (C=O) groups is 1. The van der Waals surface area contributed by atoms with E-state index < -0.39 is 0 Å². The Balaban J connectivity index is 0.00000196. The first kappa shape index (κ1) is 25.1. The van der Waals surface area contributed by atoms with Gasteiger partial charge in [-0.2, -0.15) is 0 Å². The summed E-state index contributed by atoms with van der Waals surface area (Å²) in [5.74, 6) is -0.0218. The van der Waals surface area contributed by atoms with Crippen molar-refractivity contribution >= 4 is 30.7 Å². The van der Waals surface area contributed by atoms with E-state index in [-0.39, 0.29) is 36.8 Å². The normalized spacial score (nSPS) is 20.6. The van der Waals surface area contributed by atoms with Gasteiger partial charge in [0.25, 0.3) is 0 Å². The number of halogens is 2. The van der Waals surface area contributed by atoms with Gasteiger partial charge < -0.3 is 20.1 Å². The zero-order valence-electron chi connectivity index (χ0n) is 16.3. The van der Waals surface area contributed by atoms with E-state index in [9.17, 15) is 4.79 Å². The molecule has 1 atom stereocenters. The number of ether oxygens (including phenoxy) is 2. The Morgan fingerprint density at radius 2 is 1.96 bits per heavy atom. The van der Waals surface area contributed by atoms with Crippen LogP contribution in [0, 0.1) is 0 Å². The van der Waals surface area contributed by atoms with Crippen molar-refractivity contribution in [3.63, 3.8) is 0 Å². The molecule has 2 aliphatic heterocycles. The fraction of sp³-hybridized carbons (Fsp3) is 0.650. The Kier molecular flexibility index (Phi) is 12.7. The second kappa shape index (κ2) is 14.1. The number of benzene rings is 1. The minimum Gasteiger partial charge on any atom is -0.378 e. The molecule has 160 valence electrons. The van der Waals surface area contributed by atoms with E-state index in [1.165, 1.54) is 5.56 Å². The van der Waals surface area contributed by atoms with Crippen LogP contribution in [0.25, 0.3) is 0 Å². The smallest absolute Gasteiger partial charge is 0.250 e. The molecule has 2 heterocycles. The summed E-state index contributed by atoms with van der Waals surface area (Å²) in [5.41, 5.74) is 1.37. The van der Waals surface area contributed by atoms with Crippen LogP contribution in [0.1, 0.15) is 24.8 Å². The molecule has 2 fully saturated rings. The van der Waals surface area contributed by atoms with Crippen LogP contribution >= 0.6 is 24.8 Å². The highest BCUT2D eigenvalue weighted by molar-refractivity contribution is 5.85. The minimum absolute atomic E-state index is 0. The predicted octanol–water partition coefficient (Wildman–Crippen LogP) is 2.01. The number of carbonyl (C=O) groups excluding carboxylic acids is 1. The molecule has 1 amide bonds. The highest BCUT2D eigenvalue weighted by atomic mass is 35.5. The van der Waals surface area contributed by atoms with Gasteiger partial charge in [-0.05, 0) is 24.8 Å². The summed E-state index contributed by atoms with van der Waals surface area (Å²) in [7, 11) is 0. The lowest BCUT2D eigenvalue weighted by Gasteiger charge is -2.32. The fourth-order valence-corrected chi connectivity index (χ4v) is 3.46. The highest BCUT2D eigenvalue weighted by Gasteiger charge is 2.21. The first-order valence-electron chi connectivity index (χ1n) is 9.79. The van der Waals surface area contributed by atoms with Crippen molar-refractivity contribution in [2.75, 3.05) is 45.9 Å². The number of hydrogen-bond donors (Lipinski definition) is 2. The third kappa shape index (κ3) is 8.64. The van der Waals surface area contributed by atoms with E-state index in [1.54, 1.807) is 0 Å². The van der Waals surface area contributed by atoms with Gasteiger partial charge in [0.05, 0.1) is 12.7 Å². The second-order valence-corrected chi connectivity index (χ2v) is 7.04. The number of morpholine rings is 1. The van der Waals surface area contributed by atoms with E-state index in [0.717, 1.165) is 45.4 Å². The fourth-order valence-electron chi connectivity index (χ4n) is 3.46. The molecule has 2 N–H and O–H groups in total. The Labute approximate surface area is 180 Å². The van der Waals surface area contributed by atoms with Crippen molar-refractivity contribution in [2.45, 2.75) is 38.0 Å². The molecular formula is C20H33Cl2N3O3. The molecule has 2 aliphatic rings. The van der Waals surface area contributed by atoms with Crippen LogP contribution in [0.5, 0.6) is 0 Å². The molecule has 3 rings (SSSR count). The SMILES string of the molecule is Cl.Cl.O=C(NCCCOC1CCN(Cc2ccccc2)CC1)C1CNCCO1. The van der Waals surface area contributed by atoms with Crippen LogP contribution in [-0.2, 0) is 20.8 Å². The van der Waals surface area contributed by atoms with Crippen molar-refractivity contribution in [3.05, 3.63) is 35.9 Å². The quantitative estimate of drug-likeness (QED) is 0.613. The number of likely N-dealkylation sites (tertiary alicyclic amines) is 1. The standard InChI is InChI=1S/C20H31N3O3.2ClH/c24-20(19-15-21-10-14-26-19)22-9-4-13-25-18-7-11-23(12-8-18)16-17-5-2-1-3-6-17;;/h1-3,5-6,18-19,21H,4,7-16H2,(H,22,24);2*1H. The number of nitrogens with zero attached hydrogens (tertiary/aromatic N) is 1. The lowest BCUT2D eigenvalue weighted by Crippen LogP contribution is -2.48. The van der Waals surface area contributed by atoms with Gasteiger partial charge in [-0.1, -0.05) is 30.3 Å². The average Bonchev–Trinajstić information content (AvgIpc) is 2.70. The lowest BCUT2D eigenvalue weighted by atomic mass is 10.1. The monoisotopic (exact) mass is 433 g/mol. The van der Waals surface area contributed by atoms with Gasteiger partial charge in [0.15, 0.2) is 0 Å². The van der Waals surface area contributed by atoms with Crippen molar-refractivity contribution in [1.29, 1.82) is 0 Å². The molecule has 0 aliphatic carbocycles. The Bertz CT molecular complexity index is 537. The van der Waals surface area contributed by atoms with Crippen LogP contribution in [0.15, 0.2) is 30.3 Å². The molecule has 0 saturated carbocycles. The first-order valence-corrected chi connectivity index (χ1v) is 9.79. The first-order chi connectivity index (χ1) is 12.8. The van der Waals surface area contributed by atoms with Crippen molar-refractivity contribution in [2.24, 2.45) is 0 Å². The number of amides is 1. The number of hydrogen-bond acceptors (Lipinski definition) is 5. The maximum Gasteiger partial charge on any atom is 0.250 e. The summed E-state index contributed by atoms with van der Waals surface area (Å²) >= 11 is 0. The van der Waals surface area contributed by atoms with Gasteiger partial charge in [0.1, 0.15) is 6.10 Å². The molecule has 0 radical (unpaired) electrons. The average molecular weight is 434 g/mol. The summed E-state index contributed by atoms with van der Waals surface area (Å²) in [6, 6.07) is 10.6. The van der Waals surface area contributed by atoms with Gasteiger partial charge in [-0.3, -0.25) is 9.69 Å². The maximum atomic E-state index is 11.9. The maximum absolute atomic E-state index is 11.9. The molecule has 0 spiro atoms. The second-order valence-electron chi connectivity index (χ2n) is 7.04. The zero-order chi connectivity index (χ0) is 18.0.